The number of ether oxygens (including phenoxy) is 2. The van der Waals surface area contributed by atoms with E-state index in [0.717, 1.165) is 48.1 Å². The summed E-state index contributed by atoms with van der Waals surface area (Å²) in [5.41, 5.74) is 4.45. The molecular weight excluding hydrogens is 316 g/mol. The molecule has 2 aromatic carbocycles. The van der Waals surface area contributed by atoms with Gasteiger partial charge in [0.1, 0.15) is 0 Å². The van der Waals surface area contributed by atoms with Crippen molar-refractivity contribution < 1.29 is 19.4 Å². The number of aromatic carboxylic acids is 1. The van der Waals surface area contributed by atoms with Gasteiger partial charge in [-0.1, -0.05) is 30.3 Å². The van der Waals surface area contributed by atoms with Gasteiger partial charge in [-0.05, 0) is 59.6 Å². The maximum Gasteiger partial charge on any atom is 0.335 e. The lowest BCUT2D eigenvalue weighted by atomic mass is 9.96. The van der Waals surface area contributed by atoms with Crippen LogP contribution in [0.25, 0.3) is 11.1 Å². The molecule has 130 valence electrons. The fourth-order valence-corrected chi connectivity index (χ4v) is 3.37. The zero-order valence-corrected chi connectivity index (χ0v) is 14.1. The van der Waals surface area contributed by atoms with Gasteiger partial charge in [-0.15, -0.1) is 0 Å². The highest BCUT2D eigenvalue weighted by Gasteiger charge is 2.28. The first-order valence-corrected chi connectivity index (χ1v) is 8.86. The Morgan fingerprint density at radius 3 is 2.68 bits per heavy atom. The minimum Gasteiger partial charge on any atom is -0.478 e. The van der Waals surface area contributed by atoms with Gasteiger partial charge in [-0.2, -0.15) is 0 Å². The van der Waals surface area contributed by atoms with Gasteiger partial charge in [-0.25, -0.2) is 4.79 Å². The van der Waals surface area contributed by atoms with E-state index in [4.69, 9.17) is 9.47 Å². The minimum atomic E-state index is -0.843. The van der Waals surface area contributed by atoms with Gasteiger partial charge in [-0.3, -0.25) is 0 Å². The minimum absolute atomic E-state index is 0.181. The van der Waals surface area contributed by atoms with E-state index in [1.807, 2.05) is 30.3 Å². The molecule has 1 heterocycles. The Labute approximate surface area is 147 Å². The van der Waals surface area contributed by atoms with Crippen LogP contribution in [0, 0.1) is 0 Å². The van der Waals surface area contributed by atoms with Gasteiger partial charge in [0.15, 0.2) is 0 Å². The van der Waals surface area contributed by atoms with E-state index in [1.165, 1.54) is 0 Å². The van der Waals surface area contributed by atoms with Crippen molar-refractivity contribution in [3.05, 3.63) is 59.2 Å². The van der Waals surface area contributed by atoms with Crippen LogP contribution in [0.3, 0.4) is 0 Å². The Morgan fingerprint density at radius 2 is 1.96 bits per heavy atom. The molecule has 0 bridgehead atoms. The number of hydrogen-bond donors (Lipinski definition) is 1. The average molecular weight is 338 g/mol. The number of carboxylic acids is 1. The molecule has 4 rings (SSSR count). The van der Waals surface area contributed by atoms with E-state index in [9.17, 15) is 9.90 Å². The van der Waals surface area contributed by atoms with Crippen LogP contribution in [0.4, 0.5) is 0 Å². The first-order chi connectivity index (χ1) is 12.2. The highest BCUT2D eigenvalue weighted by molar-refractivity contribution is 5.91. The fraction of sp³-hybridized carbons (Fsp3) is 0.381. The van der Waals surface area contributed by atoms with Gasteiger partial charge >= 0.3 is 5.97 Å². The molecule has 4 nitrogen and oxygen atoms in total. The second kappa shape index (κ2) is 6.98. The van der Waals surface area contributed by atoms with Crippen LogP contribution in [0.2, 0.25) is 0 Å². The molecule has 1 atom stereocenters. The van der Waals surface area contributed by atoms with Crippen molar-refractivity contribution in [3.8, 4) is 11.1 Å². The topological polar surface area (TPSA) is 55.8 Å². The first kappa shape index (κ1) is 16.3. The molecule has 0 radical (unpaired) electrons. The van der Waals surface area contributed by atoms with Crippen molar-refractivity contribution in [1.29, 1.82) is 0 Å². The van der Waals surface area contributed by atoms with Crippen LogP contribution in [-0.2, 0) is 16.1 Å². The fourth-order valence-electron chi connectivity index (χ4n) is 3.37. The van der Waals surface area contributed by atoms with Gasteiger partial charge in [0.2, 0.25) is 0 Å². The third kappa shape index (κ3) is 3.75. The van der Waals surface area contributed by atoms with E-state index in [2.05, 4.69) is 6.07 Å². The summed E-state index contributed by atoms with van der Waals surface area (Å²) in [5.74, 6) is -0.419. The molecule has 0 amide bonds. The lowest BCUT2D eigenvalue weighted by molar-refractivity contribution is 0.0318. The van der Waals surface area contributed by atoms with Crippen molar-refractivity contribution >= 4 is 5.97 Å². The molecule has 1 aliphatic heterocycles. The van der Waals surface area contributed by atoms with Gasteiger partial charge in [0.25, 0.3) is 0 Å². The molecule has 1 aliphatic carbocycles. The second-order valence-corrected chi connectivity index (χ2v) is 6.88. The third-order valence-corrected chi connectivity index (χ3v) is 4.93. The number of hydrogen-bond acceptors (Lipinski definition) is 3. The second-order valence-electron chi connectivity index (χ2n) is 6.88. The summed E-state index contributed by atoms with van der Waals surface area (Å²) < 4.78 is 11.2. The molecule has 0 aromatic heterocycles. The Hall–Kier alpha value is -2.17. The predicted molar refractivity (Wildman–Crippen MR) is 94.8 cm³/mol. The van der Waals surface area contributed by atoms with Crippen LogP contribution in [0.5, 0.6) is 0 Å². The standard InChI is InChI=1S/C21H22O4/c22-21(23)20-11-17(6-7-19(20)15-4-5-15)16-3-1-2-14(10-16)12-25-18-8-9-24-13-18/h1-3,6-7,10-11,15,18H,4-5,8-9,12-13H2,(H,22,23). The van der Waals surface area contributed by atoms with Gasteiger partial charge in [0, 0.05) is 6.61 Å². The maximum atomic E-state index is 11.6. The highest BCUT2D eigenvalue weighted by Crippen LogP contribution is 2.42. The molecule has 1 saturated carbocycles. The van der Waals surface area contributed by atoms with Crippen molar-refractivity contribution in [2.75, 3.05) is 13.2 Å². The van der Waals surface area contributed by atoms with Crippen molar-refractivity contribution in [3.63, 3.8) is 0 Å². The number of rotatable bonds is 6. The van der Waals surface area contributed by atoms with E-state index in [0.29, 0.717) is 24.7 Å². The lowest BCUT2D eigenvalue weighted by Gasteiger charge is -2.12. The Bertz CT molecular complexity index is 773. The molecule has 4 heteroatoms. The highest BCUT2D eigenvalue weighted by atomic mass is 16.5. The number of benzene rings is 2. The molecule has 2 fully saturated rings. The van der Waals surface area contributed by atoms with Crippen LogP contribution in [0.15, 0.2) is 42.5 Å². The Kier molecular flexibility index (Phi) is 4.55. The lowest BCUT2D eigenvalue weighted by Crippen LogP contribution is -2.11. The van der Waals surface area contributed by atoms with Gasteiger partial charge in [0.05, 0.1) is 24.9 Å². The molecule has 2 aliphatic rings. The van der Waals surface area contributed by atoms with E-state index < -0.39 is 5.97 Å². The van der Waals surface area contributed by atoms with Crippen molar-refractivity contribution in [1.82, 2.24) is 0 Å². The molecule has 0 spiro atoms. The van der Waals surface area contributed by atoms with E-state index in [1.54, 1.807) is 6.07 Å². The maximum absolute atomic E-state index is 11.6. The zero-order chi connectivity index (χ0) is 17.2. The normalized spacial score (nSPS) is 19.9. The molecule has 1 N–H and O–H groups in total. The molecule has 1 unspecified atom stereocenters. The molecule has 1 saturated heterocycles. The third-order valence-electron chi connectivity index (χ3n) is 4.93. The largest absolute Gasteiger partial charge is 0.478 e. The number of carbonyl (C=O) groups is 1. The summed E-state index contributed by atoms with van der Waals surface area (Å²) in [7, 11) is 0. The monoisotopic (exact) mass is 338 g/mol. The predicted octanol–water partition coefficient (Wildman–Crippen LogP) is 4.23. The summed E-state index contributed by atoms with van der Waals surface area (Å²) in [6.45, 7) is 1.99. The first-order valence-electron chi connectivity index (χ1n) is 8.86. The molecule has 2 aromatic rings. The molecular formula is C21H22O4. The summed E-state index contributed by atoms with van der Waals surface area (Å²) in [6.07, 6.45) is 3.32. The number of carboxylic acid groups (broad SMARTS) is 1. The Morgan fingerprint density at radius 1 is 1.12 bits per heavy atom. The van der Waals surface area contributed by atoms with Crippen molar-refractivity contribution in [2.24, 2.45) is 0 Å². The van der Waals surface area contributed by atoms with Gasteiger partial charge < -0.3 is 14.6 Å². The summed E-state index contributed by atoms with van der Waals surface area (Å²) in [6, 6.07) is 13.9. The van der Waals surface area contributed by atoms with E-state index >= 15 is 0 Å². The van der Waals surface area contributed by atoms with E-state index in [-0.39, 0.29) is 6.10 Å². The van der Waals surface area contributed by atoms with Crippen LogP contribution >= 0.6 is 0 Å². The quantitative estimate of drug-likeness (QED) is 0.856. The summed E-state index contributed by atoms with van der Waals surface area (Å²) in [4.78, 5) is 11.6. The molecule has 25 heavy (non-hydrogen) atoms. The average Bonchev–Trinajstić information content (AvgIpc) is 3.35. The SMILES string of the molecule is O=C(O)c1cc(-c2cccc(COC3CCOC3)c2)ccc1C1CC1. The summed E-state index contributed by atoms with van der Waals surface area (Å²) in [5, 5.41) is 9.54. The van der Waals surface area contributed by atoms with Crippen LogP contribution in [0.1, 0.15) is 46.7 Å². The summed E-state index contributed by atoms with van der Waals surface area (Å²) >= 11 is 0. The zero-order valence-electron chi connectivity index (χ0n) is 14.1. The Balaban J connectivity index is 1.55. The van der Waals surface area contributed by atoms with Crippen LogP contribution < -0.4 is 0 Å². The van der Waals surface area contributed by atoms with Crippen molar-refractivity contribution in [2.45, 2.75) is 37.9 Å². The smallest absolute Gasteiger partial charge is 0.335 e. The van der Waals surface area contributed by atoms with Crippen LogP contribution in [-0.4, -0.2) is 30.4 Å².